The van der Waals surface area contributed by atoms with Crippen molar-refractivity contribution in [3.63, 3.8) is 0 Å². The number of pyridine rings is 1. The lowest BCUT2D eigenvalue weighted by Crippen LogP contribution is -2.40. The second kappa shape index (κ2) is 4.73. The summed E-state index contributed by atoms with van der Waals surface area (Å²) in [5.41, 5.74) is 0.919. The molecule has 2 aromatic rings. The Balaban J connectivity index is 1.82. The maximum absolute atomic E-state index is 12.0. The molecule has 1 saturated heterocycles. The third-order valence-electron chi connectivity index (χ3n) is 3.11. The van der Waals surface area contributed by atoms with Crippen LogP contribution in [-0.4, -0.2) is 28.7 Å². The number of carbonyl (C=O) groups is 3. The maximum atomic E-state index is 12.0. The van der Waals surface area contributed by atoms with Crippen molar-refractivity contribution < 1.29 is 14.4 Å². The minimum absolute atomic E-state index is 0.0296. The van der Waals surface area contributed by atoms with E-state index in [1.54, 1.807) is 18.2 Å². The summed E-state index contributed by atoms with van der Waals surface area (Å²) in [7, 11) is 0. The van der Waals surface area contributed by atoms with Gasteiger partial charge in [-0.05, 0) is 12.1 Å². The van der Waals surface area contributed by atoms with E-state index in [1.165, 1.54) is 0 Å². The normalized spacial score (nSPS) is 18.1. The van der Waals surface area contributed by atoms with Crippen LogP contribution in [0.3, 0.4) is 0 Å². The molecule has 2 N–H and O–H groups in total. The van der Waals surface area contributed by atoms with E-state index in [0.717, 1.165) is 5.39 Å². The second-order valence-electron chi connectivity index (χ2n) is 4.53. The van der Waals surface area contributed by atoms with E-state index in [-0.39, 0.29) is 18.0 Å². The topological polar surface area (TPSA) is 88.2 Å². The molecule has 1 atom stereocenters. The van der Waals surface area contributed by atoms with Crippen LogP contribution >= 0.6 is 0 Å². The molecule has 6 nitrogen and oxygen atoms in total. The first kappa shape index (κ1) is 12.3. The van der Waals surface area contributed by atoms with E-state index < -0.39 is 17.9 Å². The molecule has 2 heterocycles. The summed E-state index contributed by atoms with van der Waals surface area (Å²) in [6.45, 7) is 0. The van der Waals surface area contributed by atoms with Gasteiger partial charge in [0.15, 0.2) is 0 Å². The molecule has 20 heavy (non-hydrogen) atoms. The molecule has 0 aliphatic carbocycles. The van der Waals surface area contributed by atoms with Crippen LogP contribution in [0.5, 0.6) is 0 Å². The van der Waals surface area contributed by atoms with Gasteiger partial charge < -0.3 is 5.32 Å². The van der Waals surface area contributed by atoms with Gasteiger partial charge in [0.1, 0.15) is 11.7 Å². The van der Waals surface area contributed by atoms with Gasteiger partial charge in [0.2, 0.25) is 11.8 Å². The summed E-state index contributed by atoms with van der Waals surface area (Å²) in [4.78, 5) is 38.7. The van der Waals surface area contributed by atoms with Crippen LogP contribution in [0.15, 0.2) is 36.4 Å². The highest BCUT2D eigenvalue weighted by atomic mass is 16.2. The fourth-order valence-electron chi connectivity index (χ4n) is 2.09. The van der Waals surface area contributed by atoms with Crippen molar-refractivity contribution in [1.29, 1.82) is 0 Å². The van der Waals surface area contributed by atoms with Gasteiger partial charge >= 0.3 is 0 Å². The summed E-state index contributed by atoms with van der Waals surface area (Å²) in [5.74, 6) is -1.33. The number of carbonyl (C=O) groups excluding carboxylic acids is 3. The molecule has 1 unspecified atom stereocenters. The number of nitrogens with one attached hydrogen (secondary N) is 2. The number of hydrogen-bond acceptors (Lipinski definition) is 4. The number of fused-ring (bicyclic) bond motifs is 1. The molecule has 1 aliphatic heterocycles. The lowest BCUT2D eigenvalue weighted by Gasteiger charge is -2.09. The molecule has 0 spiro atoms. The van der Waals surface area contributed by atoms with Gasteiger partial charge in [0, 0.05) is 5.39 Å². The number of amides is 3. The quantitative estimate of drug-likeness (QED) is 0.771. The van der Waals surface area contributed by atoms with Gasteiger partial charge in [-0.3, -0.25) is 19.7 Å². The molecule has 3 rings (SSSR count). The first-order valence-electron chi connectivity index (χ1n) is 6.14. The van der Waals surface area contributed by atoms with Gasteiger partial charge in [-0.15, -0.1) is 0 Å². The maximum Gasteiger partial charge on any atom is 0.270 e. The molecule has 1 aromatic carbocycles. The van der Waals surface area contributed by atoms with Crippen LogP contribution in [0.4, 0.5) is 0 Å². The molecule has 1 aromatic heterocycles. The third-order valence-corrected chi connectivity index (χ3v) is 3.11. The minimum atomic E-state index is -0.816. The molecular formula is C14H11N3O3. The average molecular weight is 269 g/mol. The molecular weight excluding hydrogens is 258 g/mol. The largest absolute Gasteiger partial charge is 0.338 e. The summed E-state index contributed by atoms with van der Waals surface area (Å²) in [6.07, 6.45) is -0.0296. The number of rotatable bonds is 2. The van der Waals surface area contributed by atoms with Crippen LogP contribution in [0.25, 0.3) is 10.9 Å². The fourth-order valence-corrected chi connectivity index (χ4v) is 2.09. The van der Waals surface area contributed by atoms with E-state index in [9.17, 15) is 14.4 Å². The number of benzene rings is 1. The van der Waals surface area contributed by atoms with Gasteiger partial charge in [-0.2, -0.15) is 0 Å². The lowest BCUT2D eigenvalue weighted by atomic mass is 10.2. The smallest absolute Gasteiger partial charge is 0.270 e. The van der Waals surface area contributed by atoms with E-state index in [1.807, 2.05) is 18.2 Å². The molecule has 0 bridgehead atoms. The van der Waals surface area contributed by atoms with Crippen LogP contribution in [0, 0.1) is 0 Å². The Morgan fingerprint density at radius 2 is 2.00 bits per heavy atom. The average Bonchev–Trinajstić information content (AvgIpc) is 2.76. The first-order chi connectivity index (χ1) is 9.63. The summed E-state index contributed by atoms with van der Waals surface area (Å²) < 4.78 is 0. The Morgan fingerprint density at radius 1 is 1.20 bits per heavy atom. The number of imide groups is 1. The van der Waals surface area contributed by atoms with Crippen molar-refractivity contribution in [2.75, 3.05) is 0 Å². The molecule has 0 radical (unpaired) electrons. The van der Waals surface area contributed by atoms with E-state index in [2.05, 4.69) is 15.6 Å². The van der Waals surface area contributed by atoms with Crippen molar-refractivity contribution in [2.45, 2.75) is 12.5 Å². The van der Waals surface area contributed by atoms with Gasteiger partial charge in [0.05, 0.1) is 11.9 Å². The van der Waals surface area contributed by atoms with Crippen molar-refractivity contribution >= 4 is 28.6 Å². The Bertz CT molecular complexity index is 726. The number of hydrogen-bond donors (Lipinski definition) is 2. The second-order valence-corrected chi connectivity index (χ2v) is 4.53. The standard InChI is InChI=1S/C14H11N3O3/c18-12-7-11(14(20)17-12)16-13(19)10-6-5-8-3-1-2-4-9(8)15-10/h1-6,11H,7H2,(H,16,19)(H,17,18,20). The highest BCUT2D eigenvalue weighted by Crippen LogP contribution is 2.12. The van der Waals surface area contributed by atoms with Crippen molar-refractivity contribution in [2.24, 2.45) is 0 Å². The Labute approximate surface area is 114 Å². The van der Waals surface area contributed by atoms with Gasteiger partial charge in [0.25, 0.3) is 5.91 Å². The highest BCUT2D eigenvalue weighted by Gasteiger charge is 2.32. The van der Waals surface area contributed by atoms with Crippen molar-refractivity contribution in [3.8, 4) is 0 Å². The monoisotopic (exact) mass is 269 g/mol. The van der Waals surface area contributed by atoms with Crippen molar-refractivity contribution in [3.05, 3.63) is 42.1 Å². The van der Waals surface area contributed by atoms with E-state index >= 15 is 0 Å². The minimum Gasteiger partial charge on any atom is -0.338 e. The molecule has 1 fully saturated rings. The Hall–Kier alpha value is -2.76. The number of aromatic nitrogens is 1. The molecule has 100 valence electrons. The predicted octanol–water partition coefficient (Wildman–Crippen LogP) is 0.380. The van der Waals surface area contributed by atoms with Gasteiger partial charge in [-0.1, -0.05) is 24.3 Å². The molecule has 0 saturated carbocycles. The van der Waals surface area contributed by atoms with Crippen LogP contribution < -0.4 is 10.6 Å². The predicted molar refractivity (Wildman–Crippen MR) is 70.8 cm³/mol. The highest BCUT2D eigenvalue weighted by molar-refractivity contribution is 6.08. The Kier molecular flexibility index (Phi) is 2.90. The van der Waals surface area contributed by atoms with E-state index in [0.29, 0.717) is 5.52 Å². The van der Waals surface area contributed by atoms with Crippen LogP contribution in [-0.2, 0) is 9.59 Å². The lowest BCUT2D eigenvalue weighted by molar-refractivity contribution is -0.125. The van der Waals surface area contributed by atoms with Crippen molar-refractivity contribution in [1.82, 2.24) is 15.6 Å². The zero-order valence-electron chi connectivity index (χ0n) is 10.4. The SMILES string of the molecule is O=C1CC(NC(=O)c2ccc3ccccc3n2)C(=O)N1. The molecule has 6 heteroatoms. The summed E-state index contributed by atoms with van der Waals surface area (Å²) in [6, 6.07) is 9.98. The summed E-state index contributed by atoms with van der Waals surface area (Å²) >= 11 is 0. The van der Waals surface area contributed by atoms with Gasteiger partial charge in [-0.25, -0.2) is 4.98 Å². The summed E-state index contributed by atoms with van der Waals surface area (Å²) in [5, 5.41) is 5.57. The number of nitrogens with zero attached hydrogens (tertiary/aromatic N) is 1. The van der Waals surface area contributed by atoms with Crippen LogP contribution in [0.1, 0.15) is 16.9 Å². The van der Waals surface area contributed by atoms with E-state index in [4.69, 9.17) is 0 Å². The molecule has 1 aliphatic rings. The third kappa shape index (κ3) is 2.23. The Morgan fingerprint density at radius 3 is 2.75 bits per heavy atom. The van der Waals surface area contributed by atoms with Crippen LogP contribution in [0.2, 0.25) is 0 Å². The zero-order valence-corrected chi connectivity index (χ0v) is 10.4. The number of para-hydroxylation sites is 1. The first-order valence-corrected chi connectivity index (χ1v) is 6.14. The molecule has 3 amide bonds. The zero-order chi connectivity index (χ0) is 14.1. The fraction of sp³-hybridized carbons (Fsp3) is 0.143.